The number of anilines is 1. The highest BCUT2D eigenvalue weighted by Gasteiger charge is 2.12. The summed E-state index contributed by atoms with van der Waals surface area (Å²) in [5, 5.41) is 12.5. The predicted molar refractivity (Wildman–Crippen MR) is 91.4 cm³/mol. The molecular weight excluding hydrogens is 312 g/mol. The highest BCUT2D eigenvalue weighted by Crippen LogP contribution is 2.23. The van der Waals surface area contributed by atoms with Crippen LogP contribution in [0.4, 0.5) is 5.69 Å². The van der Waals surface area contributed by atoms with E-state index in [1.807, 2.05) is 25.1 Å². The predicted octanol–water partition coefficient (Wildman–Crippen LogP) is 4.20. The molecule has 23 heavy (non-hydrogen) atoms. The Labute approximate surface area is 140 Å². The van der Waals surface area contributed by atoms with Crippen LogP contribution in [0.25, 0.3) is 6.08 Å². The highest BCUT2D eigenvalue weighted by atomic mass is 35.5. The van der Waals surface area contributed by atoms with Gasteiger partial charge in [-0.25, -0.2) is 0 Å². The topological polar surface area (TPSA) is 62.1 Å². The van der Waals surface area contributed by atoms with E-state index in [2.05, 4.69) is 5.32 Å². The van der Waals surface area contributed by atoms with Crippen LogP contribution in [0.2, 0.25) is 5.02 Å². The van der Waals surface area contributed by atoms with Gasteiger partial charge in [-0.05, 0) is 36.8 Å². The number of nitrogens with zero attached hydrogens (tertiary/aromatic N) is 1. The Morgan fingerprint density at radius 1 is 1.30 bits per heavy atom. The zero-order chi connectivity index (χ0) is 16.8. The van der Waals surface area contributed by atoms with Crippen molar-refractivity contribution in [2.24, 2.45) is 0 Å². The molecule has 0 aromatic heterocycles. The van der Waals surface area contributed by atoms with Crippen molar-refractivity contribution in [3.05, 3.63) is 64.2 Å². The van der Waals surface area contributed by atoms with Gasteiger partial charge in [0, 0.05) is 16.3 Å². The third kappa shape index (κ3) is 4.12. The molecule has 0 radical (unpaired) electrons. The van der Waals surface area contributed by atoms with Crippen molar-refractivity contribution >= 4 is 29.3 Å². The minimum atomic E-state index is -0.497. The van der Waals surface area contributed by atoms with Gasteiger partial charge in [0.25, 0.3) is 5.91 Å². The number of rotatable bonds is 4. The second-order valence-electron chi connectivity index (χ2n) is 4.83. The monoisotopic (exact) mass is 326 g/mol. The number of para-hydroxylation sites is 1. The van der Waals surface area contributed by atoms with Gasteiger partial charge < -0.3 is 10.1 Å². The Morgan fingerprint density at radius 2 is 2.04 bits per heavy atom. The molecule has 0 heterocycles. The third-order valence-corrected chi connectivity index (χ3v) is 3.49. The summed E-state index contributed by atoms with van der Waals surface area (Å²) in [6, 6.07) is 14.3. The summed E-state index contributed by atoms with van der Waals surface area (Å²) >= 11 is 5.94. The first-order chi connectivity index (χ1) is 11.0. The van der Waals surface area contributed by atoms with Crippen molar-refractivity contribution in [2.45, 2.75) is 6.92 Å². The number of hydrogen-bond donors (Lipinski definition) is 1. The SMILES string of the molecule is COc1ccccc1/C=C(\C#N)C(=O)Nc1cc(Cl)ccc1C. The fourth-order valence-corrected chi connectivity index (χ4v) is 2.18. The molecule has 2 aromatic rings. The molecule has 1 N–H and O–H groups in total. The van der Waals surface area contributed by atoms with Gasteiger partial charge in [0.1, 0.15) is 17.4 Å². The van der Waals surface area contributed by atoms with Crippen LogP contribution in [0.1, 0.15) is 11.1 Å². The molecule has 0 saturated carbocycles. The summed E-state index contributed by atoms with van der Waals surface area (Å²) in [4.78, 5) is 12.3. The number of nitrogens with one attached hydrogen (secondary N) is 1. The Hall–Kier alpha value is -2.77. The first-order valence-electron chi connectivity index (χ1n) is 6.87. The van der Waals surface area contributed by atoms with E-state index in [0.717, 1.165) is 5.56 Å². The Balaban J connectivity index is 2.30. The average molecular weight is 327 g/mol. The standard InChI is InChI=1S/C18H15ClN2O2/c1-12-7-8-15(19)10-16(12)21-18(22)14(11-20)9-13-5-3-4-6-17(13)23-2/h3-10H,1-2H3,(H,21,22)/b14-9+. The average Bonchev–Trinajstić information content (AvgIpc) is 2.56. The van der Waals surface area contributed by atoms with E-state index >= 15 is 0 Å². The van der Waals surface area contributed by atoms with E-state index < -0.39 is 5.91 Å². The summed E-state index contributed by atoms with van der Waals surface area (Å²) in [7, 11) is 1.54. The summed E-state index contributed by atoms with van der Waals surface area (Å²) < 4.78 is 5.22. The summed E-state index contributed by atoms with van der Waals surface area (Å²) in [5.74, 6) is 0.0933. The molecule has 2 aromatic carbocycles. The van der Waals surface area contributed by atoms with E-state index in [4.69, 9.17) is 16.3 Å². The molecule has 0 aliphatic carbocycles. The number of hydrogen-bond acceptors (Lipinski definition) is 3. The lowest BCUT2D eigenvalue weighted by Crippen LogP contribution is -2.14. The first kappa shape index (κ1) is 16.6. The fraction of sp³-hybridized carbons (Fsp3) is 0.111. The molecule has 5 heteroatoms. The molecule has 0 saturated heterocycles. The van der Waals surface area contributed by atoms with Gasteiger partial charge in [-0.2, -0.15) is 5.26 Å². The molecule has 4 nitrogen and oxygen atoms in total. The normalized spacial score (nSPS) is 10.8. The smallest absolute Gasteiger partial charge is 0.266 e. The van der Waals surface area contributed by atoms with Gasteiger partial charge in [0.15, 0.2) is 0 Å². The molecule has 0 aliphatic rings. The maximum Gasteiger partial charge on any atom is 0.266 e. The van der Waals surface area contributed by atoms with Gasteiger partial charge in [0.05, 0.1) is 7.11 Å². The minimum Gasteiger partial charge on any atom is -0.496 e. The van der Waals surface area contributed by atoms with Gasteiger partial charge in [0.2, 0.25) is 0 Å². The van der Waals surface area contributed by atoms with Gasteiger partial charge >= 0.3 is 0 Å². The molecule has 0 aliphatic heterocycles. The van der Waals surface area contributed by atoms with Crippen molar-refractivity contribution in [2.75, 3.05) is 12.4 Å². The van der Waals surface area contributed by atoms with Crippen LogP contribution in [0.15, 0.2) is 48.0 Å². The molecule has 0 unspecified atom stereocenters. The van der Waals surface area contributed by atoms with E-state index in [1.54, 1.807) is 30.3 Å². The van der Waals surface area contributed by atoms with Crippen LogP contribution < -0.4 is 10.1 Å². The lowest BCUT2D eigenvalue weighted by molar-refractivity contribution is -0.112. The number of aryl methyl sites for hydroxylation is 1. The largest absolute Gasteiger partial charge is 0.496 e. The van der Waals surface area contributed by atoms with Crippen molar-refractivity contribution < 1.29 is 9.53 Å². The molecule has 0 spiro atoms. The highest BCUT2D eigenvalue weighted by molar-refractivity contribution is 6.31. The second kappa shape index (κ2) is 7.48. The zero-order valence-electron chi connectivity index (χ0n) is 12.8. The number of carbonyl (C=O) groups excluding carboxylic acids is 1. The number of carbonyl (C=O) groups is 1. The van der Waals surface area contributed by atoms with Crippen molar-refractivity contribution in [1.82, 2.24) is 0 Å². The molecule has 116 valence electrons. The number of nitriles is 1. The second-order valence-corrected chi connectivity index (χ2v) is 5.26. The van der Waals surface area contributed by atoms with Gasteiger partial charge in [-0.3, -0.25) is 4.79 Å². The number of amides is 1. The lowest BCUT2D eigenvalue weighted by atomic mass is 10.1. The maximum atomic E-state index is 12.3. The number of methoxy groups -OCH3 is 1. The van der Waals surface area contributed by atoms with Crippen LogP contribution in [0, 0.1) is 18.3 Å². The molecule has 0 fully saturated rings. The van der Waals surface area contributed by atoms with Crippen LogP contribution in [0.5, 0.6) is 5.75 Å². The maximum absolute atomic E-state index is 12.3. The van der Waals surface area contributed by atoms with Crippen LogP contribution in [-0.4, -0.2) is 13.0 Å². The van der Waals surface area contributed by atoms with Crippen molar-refractivity contribution in [3.8, 4) is 11.8 Å². The minimum absolute atomic E-state index is 0.0196. The quantitative estimate of drug-likeness (QED) is 0.676. The van der Waals surface area contributed by atoms with E-state index in [0.29, 0.717) is 22.0 Å². The van der Waals surface area contributed by atoms with E-state index in [9.17, 15) is 10.1 Å². The van der Waals surface area contributed by atoms with Gasteiger partial charge in [-0.15, -0.1) is 0 Å². The number of ether oxygens (including phenoxy) is 1. The summed E-state index contributed by atoms with van der Waals surface area (Å²) in [6.07, 6.45) is 1.49. The van der Waals surface area contributed by atoms with E-state index in [1.165, 1.54) is 13.2 Å². The zero-order valence-corrected chi connectivity index (χ0v) is 13.5. The summed E-state index contributed by atoms with van der Waals surface area (Å²) in [6.45, 7) is 1.85. The lowest BCUT2D eigenvalue weighted by Gasteiger charge is -2.09. The van der Waals surface area contributed by atoms with Crippen molar-refractivity contribution in [1.29, 1.82) is 5.26 Å². The number of halogens is 1. The fourth-order valence-electron chi connectivity index (χ4n) is 2.01. The van der Waals surface area contributed by atoms with Crippen LogP contribution in [0.3, 0.4) is 0 Å². The summed E-state index contributed by atoms with van der Waals surface area (Å²) in [5.41, 5.74) is 2.07. The molecular formula is C18H15ClN2O2. The van der Waals surface area contributed by atoms with Crippen LogP contribution in [-0.2, 0) is 4.79 Å². The Kier molecular flexibility index (Phi) is 5.40. The molecule has 1 amide bonds. The Bertz CT molecular complexity index is 807. The number of benzene rings is 2. The molecule has 2 rings (SSSR count). The first-order valence-corrected chi connectivity index (χ1v) is 7.25. The molecule has 0 atom stereocenters. The van der Waals surface area contributed by atoms with E-state index in [-0.39, 0.29) is 5.57 Å². The molecule has 0 bridgehead atoms. The Morgan fingerprint density at radius 3 is 2.74 bits per heavy atom. The van der Waals surface area contributed by atoms with Crippen molar-refractivity contribution in [3.63, 3.8) is 0 Å². The van der Waals surface area contributed by atoms with Gasteiger partial charge in [-0.1, -0.05) is 35.9 Å². The van der Waals surface area contributed by atoms with Crippen LogP contribution >= 0.6 is 11.6 Å². The third-order valence-electron chi connectivity index (χ3n) is 3.25.